The quantitative estimate of drug-likeness (QED) is 0.875. The number of rotatable bonds is 4. The predicted octanol–water partition coefficient (Wildman–Crippen LogP) is 2.84. The topological polar surface area (TPSA) is 45.2 Å². The van der Waals surface area contributed by atoms with Crippen LogP contribution in [-0.2, 0) is 6.54 Å². The lowest BCUT2D eigenvalue weighted by atomic mass is 10.2. The highest BCUT2D eigenvalue weighted by molar-refractivity contribution is 9.10. The number of aromatic nitrogens is 1. The molecule has 0 bridgehead atoms. The highest BCUT2D eigenvalue weighted by atomic mass is 79.9. The molecule has 0 atom stereocenters. The maximum atomic E-state index is 12.0. The molecule has 0 saturated heterocycles. The van der Waals surface area contributed by atoms with Crippen molar-refractivity contribution in [3.05, 3.63) is 58.3 Å². The van der Waals surface area contributed by atoms with Crippen molar-refractivity contribution in [2.24, 2.45) is 0 Å². The Morgan fingerprint density at radius 1 is 1.25 bits per heavy atom. The summed E-state index contributed by atoms with van der Waals surface area (Å²) in [6, 6.07) is 11.5. The Kier molecular flexibility index (Phi) is 4.74. The smallest absolute Gasteiger partial charge is 0.251 e. The second kappa shape index (κ2) is 6.52. The molecule has 1 heterocycles. The fourth-order valence-corrected chi connectivity index (χ4v) is 2.10. The number of nitrogens with one attached hydrogen (secondary N) is 1. The van der Waals surface area contributed by atoms with Gasteiger partial charge in [-0.15, -0.1) is 0 Å². The monoisotopic (exact) mass is 333 g/mol. The van der Waals surface area contributed by atoms with E-state index in [-0.39, 0.29) is 5.91 Å². The van der Waals surface area contributed by atoms with Gasteiger partial charge in [0.25, 0.3) is 5.91 Å². The third-order valence-electron chi connectivity index (χ3n) is 2.89. The van der Waals surface area contributed by atoms with Crippen molar-refractivity contribution < 1.29 is 4.79 Å². The van der Waals surface area contributed by atoms with Gasteiger partial charge in [-0.25, -0.2) is 4.98 Å². The first-order chi connectivity index (χ1) is 9.56. The number of hydrogen-bond donors (Lipinski definition) is 1. The van der Waals surface area contributed by atoms with Gasteiger partial charge in [-0.2, -0.15) is 0 Å². The molecule has 104 valence electrons. The molecule has 0 unspecified atom stereocenters. The number of hydrogen-bond acceptors (Lipinski definition) is 3. The van der Waals surface area contributed by atoms with Crippen molar-refractivity contribution >= 4 is 27.5 Å². The van der Waals surface area contributed by atoms with Gasteiger partial charge in [0.05, 0.1) is 0 Å². The summed E-state index contributed by atoms with van der Waals surface area (Å²) in [5.74, 6) is -0.107. The molecular weight excluding hydrogens is 318 g/mol. The van der Waals surface area contributed by atoms with Gasteiger partial charge in [-0.3, -0.25) is 4.79 Å². The van der Waals surface area contributed by atoms with E-state index in [9.17, 15) is 4.79 Å². The van der Waals surface area contributed by atoms with Crippen molar-refractivity contribution in [2.45, 2.75) is 6.54 Å². The van der Waals surface area contributed by atoms with Crippen LogP contribution in [0.4, 0.5) is 5.69 Å². The van der Waals surface area contributed by atoms with Gasteiger partial charge < -0.3 is 10.2 Å². The van der Waals surface area contributed by atoms with E-state index in [0.29, 0.717) is 16.7 Å². The number of carbonyl (C=O) groups is 1. The molecule has 0 fully saturated rings. The molecule has 0 saturated carbocycles. The van der Waals surface area contributed by atoms with Gasteiger partial charge in [0, 0.05) is 38.1 Å². The minimum atomic E-state index is -0.107. The van der Waals surface area contributed by atoms with Gasteiger partial charge >= 0.3 is 0 Å². The standard InChI is InChI=1S/C15H16BrN3O/c1-19(2)13-5-3-11(4-6-13)10-18-15(20)12-7-8-17-14(16)9-12/h3-9H,10H2,1-2H3,(H,18,20). The van der Waals surface area contributed by atoms with E-state index in [1.165, 1.54) is 0 Å². The SMILES string of the molecule is CN(C)c1ccc(CNC(=O)c2ccnc(Br)c2)cc1. The maximum Gasteiger partial charge on any atom is 0.251 e. The van der Waals surface area contributed by atoms with Gasteiger partial charge in [-0.1, -0.05) is 12.1 Å². The zero-order chi connectivity index (χ0) is 14.5. The highest BCUT2D eigenvalue weighted by Gasteiger charge is 2.06. The Morgan fingerprint density at radius 3 is 2.55 bits per heavy atom. The number of halogens is 1. The molecule has 5 heteroatoms. The van der Waals surface area contributed by atoms with E-state index >= 15 is 0 Å². The first kappa shape index (κ1) is 14.5. The van der Waals surface area contributed by atoms with E-state index in [4.69, 9.17) is 0 Å². The first-order valence-corrected chi connectivity index (χ1v) is 7.01. The van der Waals surface area contributed by atoms with Crippen LogP contribution in [0.5, 0.6) is 0 Å². The van der Waals surface area contributed by atoms with Crippen LogP contribution in [0.15, 0.2) is 47.2 Å². The zero-order valence-corrected chi connectivity index (χ0v) is 13.0. The van der Waals surface area contributed by atoms with Crippen LogP contribution in [0.3, 0.4) is 0 Å². The second-order valence-corrected chi connectivity index (χ2v) is 5.42. The third kappa shape index (κ3) is 3.81. The summed E-state index contributed by atoms with van der Waals surface area (Å²) in [4.78, 5) is 18.0. The molecule has 20 heavy (non-hydrogen) atoms. The summed E-state index contributed by atoms with van der Waals surface area (Å²) >= 11 is 3.25. The third-order valence-corrected chi connectivity index (χ3v) is 3.33. The molecule has 1 N–H and O–H groups in total. The number of nitrogens with zero attached hydrogens (tertiary/aromatic N) is 2. The number of carbonyl (C=O) groups excluding carboxylic acids is 1. The van der Waals surface area contributed by atoms with Crippen LogP contribution in [0.25, 0.3) is 0 Å². The van der Waals surface area contributed by atoms with E-state index < -0.39 is 0 Å². The summed E-state index contributed by atoms with van der Waals surface area (Å²) in [6.07, 6.45) is 1.60. The summed E-state index contributed by atoms with van der Waals surface area (Å²) in [7, 11) is 4.00. The van der Waals surface area contributed by atoms with Crippen molar-refractivity contribution in [3.8, 4) is 0 Å². The molecule has 1 aromatic heterocycles. The van der Waals surface area contributed by atoms with E-state index in [1.807, 2.05) is 43.3 Å². The molecule has 0 radical (unpaired) electrons. The second-order valence-electron chi connectivity index (χ2n) is 4.61. The summed E-state index contributed by atoms with van der Waals surface area (Å²) < 4.78 is 0.653. The number of anilines is 1. The van der Waals surface area contributed by atoms with Gasteiger partial charge in [-0.05, 0) is 45.8 Å². The zero-order valence-electron chi connectivity index (χ0n) is 11.4. The van der Waals surface area contributed by atoms with Gasteiger partial charge in [0.2, 0.25) is 0 Å². The molecule has 4 nitrogen and oxygen atoms in total. The van der Waals surface area contributed by atoms with Crippen LogP contribution in [-0.4, -0.2) is 25.0 Å². The molecule has 1 aromatic carbocycles. The molecule has 2 aromatic rings. The Morgan fingerprint density at radius 2 is 1.95 bits per heavy atom. The molecular formula is C15H16BrN3O. The summed E-state index contributed by atoms with van der Waals surface area (Å²) in [6.45, 7) is 0.506. The van der Waals surface area contributed by atoms with Crippen molar-refractivity contribution in [2.75, 3.05) is 19.0 Å². The minimum Gasteiger partial charge on any atom is -0.378 e. The maximum absolute atomic E-state index is 12.0. The molecule has 2 rings (SSSR count). The van der Waals surface area contributed by atoms with Gasteiger partial charge in [0.15, 0.2) is 0 Å². The first-order valence-electron chi connectivity index (χ1n) is 6.22. The lowest BCUT2D eigenvalue weighted by Crippen LogP contribution is -2.22. The summed E-state index contributed by atoms with van der Waals surface area (Å²) in [5.41, 5.74) is 2.80. The molecule has 1 amide bonds. The average molecular weight is 334 g/mol. The van der Waals surface area contributed by atoms with Crippen molar-refractivity contribution in [1.82, 2.24) is 10.3 Å². The van der Waals surface area contributed by atoms with Crippen molar-refractivity contribution in [1.29, 1.82) is 0 Å². The Hall–Kier alpha value is -1.88. The normalized spacial score (nSPS) is 10.2. The van der Waals surface area contributed by atoms with Crippen LogP contribution < -0.4 is 10.2 Å². The Labute approximate surface area is 127 Å². The number of amides is 1. The number of benzene rings is 1. The highest BCUT2D eigenvalue weighted by Crippen LogP contribution is 2.12. The fourth-order valence-electron chi connectivity index (χ4n) is 1.74. The van der Waals surface area contributed by atoms with Crippen LogP contribution >= 0.6 is 15.9 Å². The summed E-state index contributed by atoms with van der Waals surface area (Å²) in [5, 5.41) is 2.89. The van der Waals surface area contributed by atoms with Crippen molar-refractivity contribution in [3.63, 3.8) is 0 Å². The van der Waals surface area contributed by atoms with E-state index in [0.717, 1.165) is 11.3 Å². The average Bonchev–Trinajstić information content (AvgIpc) is 2.45. The van der Waals surface area contributed by atoms with Gasteiger partial charge in [0.1, 0.15) is 4.60 Å². The Bertz CT molecular complexity index is 596. The number of pyridine rings is 1. The van der Waals surface area contributed by atoms with E-state index in [2.05, 4.69) is 26.2 Å². The molecule has 0 aliphatic rings. The lowest BCUT2D eigenvalue weighted by Gasteiger charge is -2.13. The van der Waals surface area contributed by atoms with Crippen LogP contribution in [0, 0.1) is 0 Å². The van der Waals surface area contributed by atoms with Crippen LogP contribution in [0.1, 0.15) is 15.9 Å². The molecule has 0 aliphatic carbocycles. The van der Waals surface area contributed by atoms with Crippen LogP contribution in [0.2, 0.25) is 0 Å². The fraction of sp³-hybridized carbons (Fsp3) is 0.200. The molecule has 0 spiro atoms. The minimum absolute atomic E-state index is 0.107. The Balaban J connectivity index is 1.96. The lowest BCUT2D eigenvalue weighted by molar-refractivity contribution is 0.0950. The molecule has 0 aliphatic heterocycles. The predicted molar refractivity (Wildman–Crippen MR) is 83.9 cm³/mol. The van der Waals surface area contributed by atoms with E-state index in [1.54, 1.807) is 18.3 Å². The largest absolute Gasteiger partial charge is 0.378 e.